The number of carbonyl (C=O) groups is 1. The molecule has 1 aromatic rings. The fraction of sp³-hybridized carbons (Fsp3) is 0.615. The zero-order valence-electron chi connectivity index (χ0n) is 11.2. The van der Waals surface area contributed by atoms with Gasteiger partial charge < -0.3 is 20.5 Å². The van der Waals surface area contributed by atoms with E-state index < -0.39 is 11.6 Å². The van der Waals surface area contributed by atoms with Gasteiger partial charge >= 0.3 is 0 Å². The average Bonchev–Trinajstić information content (AvgIpc) is 2.88. The van der Waals surface area contributed by atoms with Gasteiger partial charge in [-0.05, 0) is 25.3 Å². The maximum atomic E-state index is 12.4. The number of thiophene rings is 1. The van der Waals surface area contributed by atoms with Crippen LogP contribution in [0.1, 0.15) is 24.8 Å². The molecule has 1 saturated heterocycles. The van der Waals surface area contributed by atoms with E-state index in [-0.39, 0.29) is 18.6 Å². The molecule has 106 valence electrons. The van der Waals surface area contributed by atoms with E-state index in [2.05, 4.69) is 0 Å². The second kappa shape index (κ2) is 5.58. The molecule has 3 N–H and O–H groups in total. The molecule has 0 spiro atoms. The van der Waals surface area contributed by atoms with Gasteiger partial charge in [-0.3, -0.25) is 4.79 Å². The fourth-order valence-electron chi connectivity index (χ4n) is 2.35. The Balaban J connectivity index is 2.10. The average molecular weight is 284 g/mol. The van der Waals surface area contributed by atoms with Gasteiger partial charge in [-0.2, -0.15) is 0 Å². The van der Waals surface area contributed by atoms with E-state index in [0.717, 1.165) is 4.88 Å². The van der Waals surface area contributed by atoms with Crippen molar-refractivity contribution in [3.63, 3.8) is 0 Å². The molecule has 19 heavy (non-hydrogen) atoms. The highest BCUT2D eigenvalue weighted by atomic mass is 32.1. The molecule has 2 heterocycles. The number of carbonyl (C=O) groups excluding carboxylic acids is 1. The molecule has 1 aromatic heterocycles. The van der Waals surface area contributed by atoms with Gasteiger partial charge in [-0.1, -0.05) is 6.07 Å². The Morgan fingerprint density at radius 2 is 2.47 bits per heavy atom. The Bertz CT molecular complexity index is 433. The Labute approximate surface area is 117 Å². The molecule has 6 heteroatoms. The van der Waals surface area contributed by atoms with Crippen LogP contribution in [0, 0.1) is 0 Å². The third-order valence-corrected chi connectivity index (χ3v) is 4.07. The summed E-state index contributed by atoms with van der Waals surface area (Å²) in [5.74, 6) is -0.114. The molecular weight excluding hydrogens is 264 g/mol. The zero-order chi connectivity index (χ0) is 14.0. The first-order valence-electron chi connectivity index (χ1n) is 6.29. The molecule has 2 unspecified atom stereocenters. The van der Waals surface area contributed by atoms with Gasteiger partial charge in [0, 0.05) is 18.0 Å². The van der Waals surface area contributed by atoms with E-state index in [9.17, 15) is 9.90 Å². The smallest absolute Gasteiger partial charge is 0.245 e. The second-order valence-electron chi connectivity index (χ2n) is 5.39. The minimum absolute atomic E-state index is 0.0958. The van der Waals surface area contributed by atoms with Crippen LogP contribution in [0.4, 0.5) is 0 Å². The van der Waals surface area contributed by atoms with Crippen LogP contribution in [0.15, 0.2) is 17.5 Å². The highest BCUT2D eigenvalue weighted by molar-refractivity contribution is 7.10. The molecular formula is C13H20N2O3S. The van der Waals surface area contributed by atoms with Crippen LogP contribution in [-0.2, 0) is 9.53 Å². The Hall–Kier alpha value is -0.950. The van der Waals surface area contributed by atoms with Gasteiger partial charge in [0.15, 0.2) is 0 Å². The third-order valence-electron chi connectivity index (χ3n) is 3.11. The Kier molecular flexibility index (Phi) is 4.25. The van der Waals surface area contributed by atoms with Gasteiger partial charge in [0.05, 0.1) is 18.3 Å². The lowest BCUT2D eigenvalue weighted by atomic mass is 10.0. The maximum absolute atomic E-state index is 12.4. The van der Waals surface area contributed by atoms with E-state index in [1.54, 1.807) is 4.90 Å². The second-order valence-corrected chi connectivity index (χ2v) is 6.37. The number of hydrogen-bond acceptors (Lipinski definition) is 5. The van der Waals surface area contributed by atoms with Crippen LogP contribution in [-0.4, -0.2) is 47.3 Å². The van der Waals surface area contributed by atoms with Crippen molar-refractivity contribution in [2.24, 2.45) is 5.73 Å². The van der Waals surface area contributed by atoms with E-state index >= 15 is 0 Å². The molecule has 0 aliphatic carbocycles. The summed E-state index contributed by atoms with van der Waals surface area (Å²) in [6.45, 7) is 4.60. The number of rotatable bonds is 3. The first kappa shape index (κ1) is 14.5. The van der Waals surface area contributed by atoms with Crippen LogP contribution < -0.4 is 5.73 Å². The van der Waals surface area contributed by atoms with Crippen LogP contribution in [0.3, 0.4) is 0 Å². The van der Waals surface area contributed by atoms with Gasteiger partial charge in [0.2, 0.25) is 5.91 Å². The van der Waals surface area contributed by atoms with Crippen molar-refractivity contribution in [1.82, 2.24) is 4.90 Å². The number of nitrogens with two attached hydrogens (primary N) is 1. The third kappa shape index (κ3) is 3.33. The summed E-state index contributed by atoms with van der Waals surface area (Å²) in [5, 5.41) is 11.2. The van der Waals surface area contributed by atoms with Gasteiger partial charge in [-0.15, -0.1) is 11.3 Å². The molecule has 0 radical (unpaired) electrons. The van der Waals surface area contributed by atoms with Crippen molar-refractivity contribution in [1.29, 1.82) is 0 Å². The summed E-state index contributed by atoms with van der Waals surface area (Å²) >= 11 is 1.48. The lowest BCUT2D eigenvalue weighted by Gasteiger charge is -2.42. The lowest BCUT2D eigenvalue weighted by Crippen LogP contribution is -2.57. The number of morpholine rings is 1. The van der Waals surface area contributed by atoms with Gasteiger partial charge in [0.1, 0.15) is 6.04 Å². The number of aliphatic hydroxyl groups excluding tert-OH is 1. The first-order chi connectivity index (χ1) is 8.93. The molecule has 1 fully saturated rings. The van der Waals surface area contributed by atoms with Crippen LogP contribution >= 0.6 is 11.3 Å². The van der Waals surface area contributed by atoms with Crippen LogP contribution in [0.25, 0.3) is 0 Å². The summed E-state index contributed by atoms with van der Waals surface area (Å²) in [4.78, 5) is 15.0. The summed E-state index contributed by atoms with van der Waals surface area (Å²) in [7, 11) is 0. The quantitative estimate of drug-likeness (QED) is 0.858. The lowest BCUT2D eigenvalue weighted by molar-refractivity contribution is -0.167. The highest BCUT2D eigenvalue weighted by Gasteiger charge is 2.37. The number of aliphatic hydroxyl groups is 1. The Morgan fingerprint density at radius 3 is 3.05 bits per heavy atom. The maximum Gasteiger partial charge on any atom is 0.245 e. The molecule has 1 aliphatic rings. The van der Waals surface area contributed by atoms with E-state index in [1.807, 2.05) is 31.4 Å². The molecule has 0 aromatic carbocycles. The van der Waals surface area contributed by atoms with Crippen molar-refractivity contribution >= 4 is 17.2 Å². The molecule has 1 amide bonds. The largest absolute Gasteiger partial charge is 0.394 e. The van der Waals surface area contributed by atoms with Crippen molar-refractivity contribution in [3.05, 3.63) is 22.4 Å². The standard InChI is InChI=1S/C13H20N2O3S/c1-13(2)8-15(6-9(7-16)18-13)12(17)11(14)10-4-3-5-19-10/h3-5,9,11,16H,6-8,14H2,1-2H3. The SMILES string of the molecule is CC1(C)CN(C(=O)C(N)c2cccs2)CC(CO)O1. The number of ether oxygens (including phenoxy) is 1. The van der Waals surface area contributed by atoms with Gasteiger partial charge in [-0.25, -0.2) is 0 Å². The minimum Gasteiger partial charge on any atom is -0.394 e. The molecule has 5 nitrogen and oxygen atoms in total. The summed E-state index contributed by atoms with van der Waals surface area (Å²) in [6.07, 6.45) is -0.344. The molecule has 2 rings (SSSR count). The minimum atomic E-state index is -0.631. The molecule has 2 atom stereocenters. The molecule has 0 bridgehead atoms. The molecule has 1 aliphatic heterocycles. The topological polar surface area (TPSA) is 75.8 Å². The van der Waals surface area contributed by atoms with E-state index in [0.29, 0.717) is 13.1 Å². The predicted molar refractivity (Wildman–Crippen MR) is 73.9 cm³/mol. The van der Waals surface area contributed by atoms with Crippen LogP contribution in [0.5, 0.6) is 0 Å². The summed E-state index contributed by atoms with van der Waals surface area (Å²) in [5.41, 5.74) is 5.54. The number of nitrogens with zero attached hydrogens (tertiary/aromatic N) is 1. The van der Waals surface area contributed by atoms with Crippen molar-refractivity contribution in [3.8, 4) is 0 Å². The highest BCUT2D eigenvalue weighted by Crippen LogP contribution is 2.25. The Morgan fingerprint density at radius 1 is 1.74 bits per heavy atom. The first-order valence-corrected chi connectivity index (χ1v) is 7.17. The van der Waals surface area contributed by atoms with Crippen molar-refractivity contribution in [2.75, 3.05) is 19.7 Å². The number of hydrogen-bond donors (Lipinski definition) is 2. The summed E-state index contributed by atoms with van der Waals surface area (Å²) < 4.78 is 5.69. The van der Waals surface area contributed by atoms with Crippen LogP contribution in [0.2, 0.25) is 0 Å². The van der Waals surface area contributed by atoms with Crippen molar-refractivity contribution in [2.45, 2.75) is 31.6 Å². The van der Waals surface area contributed by atoms with Crippen molar-refractivity contribution < 1.29 is 14.6 Å². The van der Waals surface area contributed by atoms with Gasteiger partial charge in [0.25, 0.3) is 0 Å². The van der Waals surface area contributed by atoms with E-state index in [4.69, 9.17) is 10.5 Å². The number of amides is 1. The normalized spacial score (nSPS) is 24.2. The molecule has 0 saturated carbocycles. The predicted octanol–water partition coefficient (Wildman–Crippen LogP) is 0.746. The zero-order valence-corrected chi connectivity index (χ0v) is 12.0. The monoisotopic (exact) mass is 284 g/mol. The van der Waals surface area contributed by atoms with E-state index in [1.165, 1.54) is 11.3 Å². The summed E-state index contributed by atoms with van der Waals surface area (Å²) in [6, 6.07) is 3.11. The fourth-order valence-corrected chi connectivity index (χ4v) is 3.06.